The van der Waals surface area contributed by atoms with E-state index in [1.165, 1.54) is 7.11 Å². The van der Waals surface area contributed by atoms with Crippen molar-refractivity contribution in [3.05, 3.63) is 42.5 Å². The van der Waals surface area contributed by atoms with E-state index >= 15 is 0 Å². The van der Waals surface area contributed by atoms with Crippen LogP contribution in [-0.2, 0) is 14.4 Å². The zero-order valence-electron chi connectivity index (χ0n) is 15.7. The summed E-state index contributed by atoms with van der Waals surface area (Å²) < 4.78 is 10.4. The van der Waals surface area contributed by atoms with Crippen molar-refractivity contribution in [2.45, 2.75) is 12.8 Å². The van der Waals surface area contributed by atoms with E-state index in [4.69, 9.17) is 9.47 Å². The Morgan fingerprint density at radius 2 is 1.57 bits per heavy atom. The van der Waals surface area contributed by atoms with Gasteiger partial charge in [0, 0.05) is 30.4 Å². The molecule has 8 nitrogen and oxygen atoms in total. The lowest BCUT2D eigenvalue weighted by Crippen LogP contribution is -2.29. The van der Waals surface area contributed by atoms with Gasteiger partial charge in [0.2, 0.25) is 5.91 Å². The molecular weight excluding hydrogens is 362 g/mol. The summed E-state index contributed by atoms with van der Waals surface area (Å²) in [4.78, 5) is 37.9. The molecule has 0 unspecified atom stereocenters. The molecule has 146 valence electrons. The summed E-state index contributed by atoms with van der Waals surface area (Å²) in [5.41, 5.74) is 1.51. The number of benzene rings is 2. The Bertz CT molecular complexity index is 895. The largest absolute Gasteiger partial charge is 0.497 e. The molecule has 2 N–H and O–H groups in total. The van der Waals surface area contributed by atoms with Crippen molar-refractivity contribution in [1.29, 1.82) is 0 Å². The molecule has 1 aliphatic heterocycles. The second kappa shape index (κ2) is 8.43. The van der Waals surface area contributed by atoms with E-state index in [0.717, 1.165) is 6.42 Å². The molecule has 8 heteroatoms. The molecule has 1 heterocycles. The van der Waals surface area contributed by atoms with Crippen molar-refractivity contribution in [3.8, 4) is 11.5 Å². The van der Waals surface area contributed by atoms with Gasteiger partial charge in [-0.1, -0.05) is 0 Å². The minimum absolute atomic E-state index is 0.0361. The molecule has 0 aliphatic carbocycles. The van der Waals surface area contributed by atoms with Crippen LogP contribution in [0.15, 0.2) is 42.5 Å². The van der Waals surface area contributed by atoms with E-state index in [2.05, 4.69) is 10.6 Å². The van der Waals surface area contributed by atoms with Crippen LogP contribution in [0.3, 0.4) is 0 Å². The predicted molar refractivity (Wildman–Crippen MR) is 105 cm³/mol. The first-order valence-electron chi connectivity index (χ1n) is 8.76. The normalized spacial score (nSPS) is 13.2. The molecule has 2 aromatic carbocycles. The predicted octanol–water partition coefficient (Wildman–Crippen LogP) is 2.41. The maximum absolute atomic E-state index is 12.2. The number of nitrogens with one attached hydrogen (secondary N) is 2. The van der Waals surface area contributed by atoms with E-state index in [-0.39, 0.29) is 5.91 Å². The van der Waals surface area contributed by atoms with Crippen molar-refractivity contribution < 1.29 is 23.9 Å². The Kier molecular flexibility index (Phi) is 5.78. The molecule has 0 spiro atoms. The van der Waals surface area contributed by atoms with Crippen LogP contribution >= 0.6 is 0 Å². The first-order valence-corrected chi connectivity index (χ1v) is 8.76. The molecule has 0 bridgehead atoms. The Hall–Kier alpha value is -3.55. The average molecular weight is 383 g/mol. The van der Waals surface area contributed by atoms with Crippen LogP contribution in [0, 0.1) is 0 Å². The highest BCUT2D eigenvalue weighted by Crippen LogP contribution is 2.33. The van der Waals surface area contributed by atoms with E-state index in [0.29, 0.717) is 41.5 Å². The van der Waals surface area contributed by atoms with Gasteiger partial charge in [0.1, 0.15) is 11.5 Å². The van der Waals surface area contributed by atoms with Crippen LogP contribution in [-0.4, -0.2) is 38.5 Å². The second-order valence-electron chi connectivity index (χ2n) is 6.17. The number of carbonyl (C=O) groups is 3. The van der Waals surface area contributed by atoms with Crippen molar-refractivity contribution in [2.75, 3.05) is 36.3 Å². The van der Waals surface area contributed by atoms with Gasteiger partial charge in [0.05, 0.1) is 19.9 Å². The first kappa shape index (κ1) is 19.2. The summed E-state index contributed by atoms with van der Waals surface area (Å²) in [6, 6.07) is 11.5. The minimum Gasteiger partial charge on any atom is -0.497 e. The topological polar surface area (TPSA) is 97.0 Å². The molecule has 2 aromatic rings. The van der Waals surface area contributed by atoms with E-state index in [1.54, 1.807) is 54.5 Å². The van der Waals surface area contributed by atoms with Gasteiger partial charge in [-0.15, -0.1) is 0 Å². The number of amides is 3. The molecule has 0 saturated carbocycles. The number of methoxy groups -OCH3 is 2. The van der Waals surface area contributed by atoms with Crippen molar-refractivity contribution in [2.24, 2.45) is 0 Å². The Balaban J connectivity index is 1.67. The van der Waals surface area contributed by atoms with Crippen LogP contribution in [0.5, 0.6) is 11.5 Å². The van der Waals surface area contributed by atoms with Crippen LogP contribution < -0.4 is 25.0 Å². The van der Waals surface area contributed by atoms with Crippen molar-refractivity contribution in [1.82, 2.24) is 0 Å². The molecule has 3 amide bonds. The van der Waals surface area contributed by atoms with E-state index in [9.17, 15) is 14.4 Å². The fraction of sp³-hybridized carbons (Fsp3) is 0.250. The van der Waals surface area contributed by atoms with Crippen LogP contribution in [0.1, 0.15) is 12.8 Å². The zero-order valence-corrected chi connectivity index (χ0v) is 15.7. The summed E-state index contributed by atoms with van der Waals surface area (Å²) in [5.74, 6) is -0.491. The molecule has 3 rings (SSSR count). The number of hydrogen-bond acceptors (Lipinski definition) is 5. The maximum atomic E-state index is 12.2. The quantitative estimate of drug-likeness (QED) is 0.773. The van der Waals surface area contributed by atoms with Crippen LogP contribution in [0.2, 0.25) is 0 Å². The maximum Gasteiger partial charge on any atom is 0.314 e. The summed E-state index contributed by atoms with van der Waals surface area (Å²) in [5, 5.41) is 5.04. The van der Waals surface area contributed by atoms with Gasteiger partial charge in [-0.3, -0.25) is 14.4 Å². The smallest absolute Gasteiger partial charge is 0.314 e. The number of carbonyl (C=O) groups excluding carboxylic acids is 3. The molecule has 1 aliphatic rings. The number of ether oxygens (including phenoxy) is 2. The number of rotatable bonds is 5. The van der Waals surface area contributed by atoms with Crippen molar-refractivity contribution >= 4 is 34.8 Å². The van der Waals surface area contributed by atoms with Crippen LogP contribution in [0.25, 0.3) is 0 Å². The van der Waals surface area contributed by atoms with Gasteiger partial charge in [0.15, 0.2) is 0 Å². The van der Waals surface area contributed by atoms with Crippen molar-refractivity contribution in [3.63, 3.8) is 0 Å². The monoisotopic (exact) mass is 383 g/mol. The highest BCUT2D eigenvalue weighted by atomic mass is 16.5. The SMILES string of the molecule is COc1ccc(NC(=O)C(=O)Nc2ccc(N3CCCC3=O)c(OC)c2)cc1. The van der Waals surface area contributed by atoms with Gasteiger partial charge in [-0.2, -0.15) is 0 Å². The Labute approximate surface area is 162 Å². The average Bonchev–Trinajstić information content (AvgIpc) is 3.14. The summed E-state index contributed by atoms with van der Waals surface area (Å²) >= 11 is 0. The molecule has 0 radical (unpaired) electrons. The van der Waals surface area contributed by atoms with Gasteiger partial charge in [-0.05, 0) is 42.8 Å². The lowest BCUT2D eigenvalue weighted by Gasteiger charge is -2.19. The molecular formula is C20H21N3O5. The summed E-state index contributed by atoms with van der Waals surface area (Å²) in [6.07, 6.45) is 1.30. The molecule has 1 saturated heterocycles. The highest BCUT2D eigenvalue weighted by Gasteiger charge is 2.25. The summed E-state index contributed by atoms with van der Waals surface area (Å²) in [7, 11) is 3.03. The number of anilines is 3. The Morgan fingerprint density at radius 1 is 0.929 bits per heavy atom. The lowest BCUT2D eigenvalue weighted by atomic mass is 10.2. The third-order valence-electron chi connectivity index (χ3n) is 4.36. The van der Waals surface area contributed by atoms with Gasteiger partial charge in [0.25, 0.3) is 0 Å². The first-order chi connectivity index (χ1) is 13.5. The third-order valence-corrected chi connectivity index (χ3v) is 4.36. The lowest BCUT2D eigenvalue weighted by molar-refractivity contribution is -0.132. The second-order valence-corrected chi connectivity index (χ2v) is 6.17. The zero-order chi connectivity index (χ0) is 20.1. The fourth-order valence-electron chi connectivity index (χ4n) is 2.93. The van der Waals surface area contributed by atoms with Gasteiger partial charge >= 0.3 is 11.8 Å². The fourth-order valence-corrected chi connectivity index (χ4v) is 2.93. The minimum atomic E-state index is -0.817. The van der Waals surface area contributed by atoms with E-state index in [1.807, 2.05) is 0 Å². The molecule has 0 aromatic heterocycles. The van der Waals surface area contributed by atoms with Crippen LogP contribution in [0.4, 0.5) is 17.1 Å². The summed E-state index contributed by atoms with van der Waals surface area (Å²) in [6.45, 7) is 0.630. The standard InChI is InChI=1S/C20H21N3O5/c1-27-15-8-5-13(6-9-15)21-19(25)20(26)22-14-7-10-16(17(12-14)28-2)23-11-3-4-18(23)24/h5-10,12H,3-4,11H2,1-2H3,(H,21,25)(H,22,26). The molecule has 1 fully saturated rings. The molecule has 0 atom stereocenters. The van der Waals surface area contributed by atoms with E-state index < -0.39 is 11.8 Å². The third kappa shape index (κ3) is 4.22. The van der Waals surface area contributed by atoms with Gasteiger partial charge in [-0.25, -0.2) is 0 Å². The molecule has 28 heavy (non-hydrogen) atoms. The Morgan fingerprint density at radius 3 is 2.14 bits per heavy atom. The highest BCUT2D eigenvalue weighted by molar-refractivity contribution is 6.43. The number of hydrogen-bond donors (Lipinski definition) is 2. The number of nitrogens with zero attached hydrogens (tertiary/aromatic N) is 1. The van der Waals surface area contributed by atoms with Gasteiger partial charge < -0.3 is 25.0 Å².